The molecule has 174 valence electrons. The molecule has 1 fully saturated rings. The number of hydrogen-bond acceptors (Lipinski definition) is 6. The van der Waals surface area contributed by atoms with Crippen LogP contribution in [0.3, 0.4) is 0 Å². The fraction of sp³-hybridized carbons (Fsp3) is 0.269. The summed E-state index contributed by atoms with van der Waals surface area (Å²) in [6, 6.07) is 15.5. The van der Waals surface area contributed by atoms with Gasteiger partial charge >= 0.3 is 0 Å². The summed E-state index contributed by atoms with van der Waals surface area (Å²) in [5.74, 6) is 2.09. The molecule has 4 aromatic rings. The van der Waals surface area contributed by atoms with Crippen molar-refractivity contribution >= 4 is 28.6 Å². The molecule has 0 saturated carbocycles. The summed E-state index contributed by atoms with van der Waals surface area (Å²) in [7, 11) is 3.55. The van der Waals surface area contributed by atoms with Crippen LogP contribution < -0.4 is 15.4 Å². The molecule has 1 unspecified atom stereocenters. The molecule has 1 aliphatic heterocycles. The third-order valence-corrected chi connectivity index (χ3v) is 6.18. The summed E-state index contributed by atoms with van der Waals surface area (Å²) in [6.07, 6.45) is 2.61. The average Bonchev–Trinajstić information content (AvgIpc) is 3.48. The average molecular weight is 458 g/mol. The van der Waals surface area contributed by atoms with Gasteiger partial charge in [-0.25, -0.2) is 4.98 Å². The van der Waals surface area contributed by atoms with Gasteiger partial charge in [-0.05, 0) is 54.8 Å². The highest BCUT2D eigenvalue weighted by atomic mass is 16.5. The lowest BCUT2D eigenvalue weighted by Gasteiger charge is -2.14. The number of ether oxygens (including phenoxy) is 2. The van der Waals surface area contributed by atoms with Gasteiger partial charge in [-0.15, -0.1) is 0 Å². The summed E-state index contributed by atoms with van der Waals surface area (Å²) in [6.45, 7) is 3.75. The van der Waals surface area contributed by atoms with Gasteiger partial charge in [0.2, 0.25) is 5.95 Å². The fourth-order valence-electron chi connectivity index (χ4n) is 4.28. The van der Waals surface area contributed by atoms with Crippen LogP contribution in [0.2, 0.25) is 0 Å². The van der Waals surface area contributed by atoms with Crippen LogP contribution in [-0.4, -0.2) is 40.7 Å². The van der Waals surface area contributed by atoms with E-state index in [9.17, 15) is 4.79 Å². The number of nitrogens with zero attached hydrogens (tertiary/aromatic N) is 3. The minimum atomic E-state index is -0.263. The maximum atomic E-state index is 11.8. The van der Waals surface area contributed by atoms with Crippen LogP contribution in [0, 0.1) is 6.92 Å². The van der Waals surface area contributed by atoms with E-state index >= 15 is 0 Å². The number of benzene rings is 2. The lowest BCUT2D eigenvalue weighted by molar-refractivity contribution is 0.0958. The third-order valence-electron chi connectivity index (χ3n) is 6.18. The Balaban J connectivity index is 1.39. The second-order valence-corrected chi connectivity index (χ2v) is 8.46. The number of imidazole rings is 1. The second kappa shape index (κ2) is 9.15. The number of anilines is 2. The zero-order valence-corrected chi connectivity index (χ0v) is 19.5. The Morgan fingerprint density at radius 1 is 1.15 bits per heavy atom. The van der Waals surface area contributed by atoms with E-state index in [1.54, 1.807) is 25.4 Å². The van der Waals surface area contributed by atoms with Crippen molar-refractivity contribution in [1.82, 2.24) is 19.9 Å². The molecule has 8 heteroatoms. The van der Waals surface area contributed by atoms with Gasteiger partial charge in [0.05, 0.1) is 17.6 Å². The minimum absolute atomic E-state index is 0.263. The first-order valence-electron chi connectivity index (χ1n) is 11.3. The van der Waals surface area contributed by atoms with Gasteiger partial charge in [0.25, 0.3) is 5.91 Å². The van der Waals surface area contributed by atoms with Crippen LogP contribution in [0.5, 0.6) is 11.5 Å². The maximum absolute atomic E-state index is 11.8. The van der Waals surface area contributed by atoms with Crippen LogP contribution >= 0.6 is 0 Å². The van der Waals surface area contributed by atoms with Crippen LogP contribution in [0.15, 0.2) is 54.7 Å². The molecule has 1 aliphatic rings. The Labute approximate surface area is 197 Å². The number of aryl methyl sites for hydroxylation is 2. The zero-order chi connectivity index (χ0) is 23.7. The molecule has 1 atom stereocenters. The molecule has 1 amide bonds. The van der Waals surface area contributed by atoms with Gasteiger partial charge in [-0.1, -0.05) is 6.07 Å². The highest BCUT2D eigenvalue weighted by Gasteiger charge is 2.20. The molecule has 2 aromatic carbocycles. The minimum Gasteiger partial charge on any atom is -0.457 e. The van der Waals surface area contributed by atoms with Crippen molar-refractivity contribution in [3.05, 3.63) is 71.5 Å². The first-order chi connectivity index (χ1) is 16.5. The number of fused-ring (bicyclic) bond motifs is 1. The maximum Gasteiger partial charge on any atom is 0.269 e. The van der Waals surface area contributed by atoms with Gasteiger partial charge < -0.3 is 24.7 Å². The van der Waals surface area contributed by atoms with Gasteiger partial charge in [-0.2, -0.15) is 0 Å². The molecule has 3 heterocycles. The predicted molar refractivity (Wildman–Crippen MR) is 131 cm³/mol. The normalized spacial score (nSPS) is 15.4. The SMILES string of the molecule is CNC(=O)c1cc(Oc2ccc3c(c2)nc(Nc2ccc(C)c(C4CCOC4)c2)n3C)ccn1. The number of hydrogen-bond donors (Lipinski definition) is 2. The lowest BCUT2D eigenvalue weighted by Crippen LogP contribution is -2.18. The number of aromatic nitrogens is 3. The molecule has 1 saturated heterocycles. The predicted octanol–water partition coefficient (Wildman–Crippen LogP) is 4.68. The number of amides is 1. The van der Waals surface area contributed by atoms with E-state index in [0.29, 0.717) is 23.1 Å². The van der Waals surface area contributed by atoms with E-state index in [2.05, 4.69) is 40.7 Å². The van der Waals surface area contributed by atoms with Crippen molar-refractivity contribution < 1.29 is 14.3 Å². The quantitative estimate of drug-likeness (QED) is 0.437. The Morgan fingerprint density at radius 2 is 2.00 bits per heavy atom. The van der Waals surface area contributed by atoms with Crippen molar-refractivity contribution in [2.75, 3.05) is 25.6 Å². The summed E-state index contributed by atoms with van der Waals surface area (Å²) in [5.41, 5.74) is 5.69. The summed E-state index contributed by atoms with van der Waals surface area (Å²) >= 11 is 0. The zero-order valence-electron chi connectivity index (χ0n) is 19.5. The van der Waals surface area contributed by atoms with Crippen LogP contribution in [0.1, 0.15) is 34.0 Å². The molecule has 0 radical (unpaired) electrons. The molecule has 8 nitrogen and oxygen atoms in total. The second-order valence-electron chi connectivity index (χ2n) is 8.46. The number of nitrogens with one attached hydrogen (secondary N) is 2. The Hall–Kier alpha value is -3.91. The Bertz CT molecular complexity index is 1360. The topological polar surface area (TPSA) is 90.3 Å². The largest absolute Gasteiger partial charge is 0.457 e. The van der Waals surface area contributed by atoms with Crippen LogP contribution in [0.4, 0.5) is 11.6 Å². The fourth-order valence-corrected chi connectivity index (χ4v) is 4.28. The summed E-state index contributed by atoms with van der Waals surface area (Å²) < 4.78 is 13.6. The first-order valence-corrected chi connectivity index (χ1v) is 11.3. The van der Waals surface area contributed by atoms with E-state index < -0.39 is 0 Å². The van der Waals surface area contributed by atoms with E-state index in [1.165, 1.54) is 11.1 Å². The Morgan fingerprint density at radius 3 is 2.79 bits per heavy atom. The number of rotatable bonds is 6. The molecule has 2 N–H and O–H groups in total. The van der Waals surface area contributed by atoms with Gasteiger partial charge in [0, 0.05) is 50.6 Å². The smallest absolute Gasteiger partial charge is 0.269 e. The molecule has 0 aliphatic carbocycles. The van der Waals surface area contributed by atoms with Crippen LogP contribution in [-0.2, 0) is 11.8 Å². The van der Waals surface area contributed by atoms with E-state index in [1.807, 2.05) is 29.8 Å². The number of pyridine rings is 1. The van der Waals surface area contributed by atoms with Gasteiger partial charge in [0.1, 0.15) is 17.2 Å². The Kier molecular flexibility index (Phi) is 5.90. The number of carbonyl (C=O) groups excluding carboxylic acids is 1. The molecule has 2 aromatic heterocycles. The van der Waals surface area contributed by atoms with E-state index in [4.69, 9.17) is 14.5 Å². The van der Waals surface area contributed by atoms with Crippen LogP contribution in [0.25, 0.3) is 11.0 Å². The molecule has 0 spiro atoms. The standard InChI is InChI=1S/C26H27N5O3/c1-16-4-5-18(12-21(16)17-9-11-33-15-17)29-26-30-22-13-19(6-7-24(22)31(26)3)34-20-8-10-28-23(14-20)25(32)27-2/h4-8,10,12-14,17H,9,11,15H2,1-3H3,(H,27,32)(H,29,30). The molecular formula is C26H27N5O3. The number of carbonyl (C=O) groups is 1. The lowest BCUT2D eigenvalue weighted by atomic mass is 9.94. The highest BCUT2D eigenvalue weighted by molar-refractivity contribution is 5.92. The monoisotopic (exact) mass is 457 g/mol. The van der Waals surface area contributed by atoms with Crippen molar-refractivity contribution in [2.24, 2.45) is 7.05 Å². The van der Waals surface area contributed by atoms with E-state index in [-0.39, 0.29) is 5.91 Å². The molecular weight excluding hydrogens is 430 g/mol. The van der Waals surface area contributed by atoms with Crippen molar-refractivity contribution in [2.45, 2.75) is 19.3 Å². The van der Waals surface area contributed by atoms with Gasteiger partial charge in [-0.3, -0.25) is 9.78 Å². The van der Waals surface area contributed by atoms with E-state index in [0.717, 1.165) is 42.3 Å². The third kappa shape index (κ3) is 4.32. The summed E-state index contributed by atoms with van der Waals surface area (Å²) in [5, 5.41) is 6.03. The molecule has 34 heavy (non-hydrogen) atoms. The highest BCUT2D eigenvalue weighted by Crippen LogP contribution is 2.32. The van der Waals surface area contributed by atoms with Crippen molar-refractivity contribution in [3.8, 4) is 11.5 Å². The van der Waals surface area contributed by atoms with Gasteiger partial charge in [0.15, 0.2) is 0 Å². The van der Waals surface area contributed by atoms with Crippen molar-refractivity contribution in [1.29, 1.82) is 0 Å². The molecule has 5 rings (SSSR count). The molecule has 0 bridgehead atoms. The van der Waals surface area contributed by atoms with Crippen molar-refractivity contribution in [3.63, 3.8) is 0 Å². The first kappa shape index (κ1) is 21.9. The summed E-state index contributed by atoms with van der Waals surface area (Å²) in [4.78, 5) is 20.7.